The zero-order valence-electron chi connectivity index (χ0n) is 9.89. The van der Waals surface area contributed by atoms with E-state index in [2.05, 4.69) is 10.6 Å². The Morgan fingerprint density at radius 1 is 0.789 bits per heavy atom. The molecule has 0 aliphatic rings. The topological polar surface area (TPSA) is 58.2 Å². The van der Waals surface area contributed by atoms with Gasteiger partial charge in [0, 0.05) is 16.4 Å². The molecule has 2 aromatic carbocycles. The molecule has 2 rings (SSSR count). The van der Waals surface area contributed by atoms with E-state index in [-0.39, 0.29) is 0 Å². The van der Waals surface area contributed by atoms with Crippen molar-refractivity contribution in [1.82, 2.24) is 0 Å². The first-order chi connectivity index (χ1) is 9.15. The van der Waals surface area contributed by atoms with Crippen LogP contribution in [0.15, 0.2) is 54.6 Å². The molecule has 0 atom stereocenters. The van der Waals surface area contributed by atoms with Crippen LogP contribution in [0.1, 0.15) is 0 Å². The van der Waals surface area contributed by atoms with Crippen LogP contribution in [0.3, 0.4) is 0 Å². The summed E-state index contributed by atoms with van der Waals surface area (Å²) in [5, 5.41) is 5.45. The second-order valence-corrected chi connectivity index (χ2v) is 4.22. The standard InChI is InChI=1S/C14H11ClN2O2/c15-10-5-4-8-12(9-10)17-14(19)13(18)16-11-6-2-1-3-7-11/h1-9H,(H,16,18)(H,17,19). The molecule has 2 amide bonds. The fourth-order valence-electron chi connectivity index (χ4n) is 1.46. The average Bonchev–Trinajstić information content (AvgIpc) is 2.40. The number of halogens is 1. The van der Waals surface area contributed by atoms with E-state index in [1.165, 1.54) is 0 Å². The maximum atomic E-state index is 11.7. The third-order valence-corrected chi connectivity index (χ3v) is 2.56. The van der Waals surface area contributed by atoms with E-state index < -0.39 is 11.8 Å². The summed E-state index contributed by atoms with van der Waals surface area (Å²) in [7, 11) is 0. The van der Waals surface area contributed by atoms with E-state index >= 15 is 0 Å². The van der Waals surface area contributed by atoms with E-state index in [4.69, 9.17) is 11.6 Å². The molecule has 0 heterocycles. The first kappa shape index (κ1) is 13.1. The molecule has 0 saturated heterocycles. The normalized spacial score (nSPS) is 9.74. The van der Waals surface area contributed by atoms with Crippen molar-refractivity contribution in [3.8, 4) is 0 Å². The molecular weight excluding hydrogens is 264 g/mol. The molecule has 5 heteroatoms. The Bertz CT molecular complexity index is 599. The zero-order chi connectivity index (χ0) is 13.7. The van der Waals surface area contributed by atoms with Gasteiger partial charge in [-0.05, 0) is 30.3 Å². The minimum absolute atomic E-state index is 0.473. The molecule has 0 unspecified atom stereocenters. The quantitative estimate of drug-likeness (QED) is 0.827. The predicted octanol–water partition coefficient (Wildman–Crippen LogP) is 2.92. The van der Waals surface area contributed by atoms with Gasteiger partial charge in [0.2, 0.25) is 0 Å². The first-order valence-corrected chi connectivity index (χ1v) is 5.96. The Morgan fingerprint density at radius 2 is 1.37 bits per heavy atom. The SMILES string of the molecule is O=C(Nc1ccccc1)C(=O)Nc1cccc(Cl)c1. The second kappa shape index (κ2) is 6.02. The van der Waals surface area contributed by atoms with Gasteiger partial charge >= 0.3 is 11.8 Å². The van der Waals surface area contributed by atoms with Crippen molar-refractivity contribution in [3.63, 3.8) is 0 Å². The van der Waals surface area contributed by atoms with Crippen LogP contribution < -0.4 is 10.6 Å². The molecule has 0 fully saturated rings. The highest BCUT2D eigenvalue weighted by molar-refractivity contribution is 6.43. The number of para-hydroxylation sites is 1. The molecular formula is C14H11ClN2O2. The summed E-state index contributed by atoms with van der Waals surface area (Å²) in [5.74, 6) is -1.47. The highest BCUT2D eigenvalue weighted by atomic mass is 35.5. The monoisotopic (exact) mass is 274 g/mol. The van der Waals surface area contributed by atoms with E-state index in [9.17, 15) is 9.59 Å². The molecule has 2 N–H and O–H groups in total. The van der Waals surface area contributed by atoms with Gasteiger partial charge in [0.25, 0.3) is 0 Å². The van der Waals surface area contributed by atoms with Gasteiger partial charge in [-0.3, -0.25) is 9.59 Å². The van der Waals surface area contributed by atoms with Crippen molar-refractivity contribution in [2.45, 2.75) is 0 Å². The van der Waals surface area contributed by atoms with E-state index in [1.54, 1.807) is 48.5 Å². The van der Waals surface area contributed by atoms with E-state index in [0.29, 0.717) is 16.4 Å². The molecule has 0 radical (unpaired) electrons. The fraction of sp³-hybridized carbons (Fsp3) is 0. The van der Waals surface area contributed by atoms with Gasteiger partial charge in [-0.2, -0.15) is 0 Å². The van der Waals surface area contributed by atoms with Crippen LogP contribution >= 0.6 is 11.6 Å². The van der Waals surface area contributed by atoms with Crippen molar-refractivity contribution in [3.05, 3.63) is 59.6 Å². The summed E-state index contributed by atoms with van der Waals surface area (Å²) >= 11 is 5.79. The van der Waals surface area contributed by atoms with Gasteiger partial charge in [-0.15, -0.1) is 0 Å². The predicted molar refractivity (Wildman–Crippen MR) is 75.2 cm³/mol. The smallest absolute Gasteiger partial charge is 0.314 e. The van der Waals surface area contributed by atoms with Crippen LogP contribution in [0.25, 0.3) is 0 Å². The molecule has 0 saturated carbocycles. The summed E-state index contributed by atoms with van der Waals surface area (Å²) in [4.78, 5) is 23.3. The lowest BCUT2D eigenvalue weighted by Gasteiger charge is -2.06. The largest absolute Gasteiger partial charge is 0.318 e. The molecule has 0 aromatic heterocycles. The minimum atomic E-state index is -0.744. The Morgan fingerprint density at radius 3 is 2.00 bits per heavy atom. The summed E-state index contributed by atoms with van der Waals surface area (Å²) < 4.78 is 0. The van der Waals surface area contributed by atoms with Crippen molar-refractivity contribution in [2.75, 3.05) is 10.6 Å². The van der Waals surface area contributed by atoms with Gasteiger partial charge in [0.15, 0.2) is 0 Å². The third kappa shape index (κ3) is 3.82. The molecule has 19 heavy (non-hydrogen) atoms. The van der Waals surface area contributed by atoms with E-state index in [0.717, 1.165) is 0 Å². The first-order valence-electron chi connectivity index (χ1n) is 5.58. The van der Waals surface area contributed by atoms with Gasteiger partial charge in [-0.25, -0.2) is 0 Å². The Hall–Kier alpha value is -2.33. The molecule has 0 aliphatic carbocycles. The molecule has 0 spiro atoms. The van der Waals surface area contributed by atoms with Crippen molar-refractivity contribution in [2.24, 2.45) is 0 Å². The zero-order valence-corrected chi connectivity index (χ0v) is 10.6. The van der Waals surface area contributed by atoms with Crippen molar-refractivity contribution < 1.29 is 9.59 Å². The number of rotatable bonds is 2. The minimum Gasteiger partial charge on any atom is -0.318 e. The number of carbonyl (C=O) groups is 2. The Kier molecular flexibility index (Phi) is 4.15. The average molecular weight is 275 g/mol. The highest BCUT2D eigenvalue weighted by Gasteiger charge is 2.13. The van der Waals surface area contributed by atoms with Crippen LogP contribution in [0.4, 0.5) is 11.4 Å². The number of carbonyl (C=O) groups excluding carboxylic acids is 2. The highest BCUT2D eigenvalue weighted by Crippen LogP contribution is 2.14. The van der Waals surface area contributed by atoms with Crippen LogP contribution in [0.5, 0.6) is 0 Å². The van der Waals surface area contributed by atoms with Crippen LogP contribution in [-0.4, -0.2) is 11.8 Å². The molecule has 0 bridgehead atoms. The number of benzene rings is 2. The molecule has 0 aliphatic heterocycles. The fourth-order valence-corrected chi connectivity index (χ4v) is 1.65. The molecule has 2 aromatic rings. The van der Waals surface area contributed by atoms with Crippen LogP contribution in [-0.2, 0) is 9.59 Å². The summed E-state index contributed by atoms with van der Waals surface area (Å²) in [6.07, 6.45) is 0. The maximum Gasteiger partial charge on any atom is 0.314 e. The van der Waals surface area contributed by atoms with E-state index in [1.807, 2.05) is 6.07 Å². The molecule has 4 nitrogen and oxygen atoms in total. The van der Waals surface area contributed by atoms with Crippen LogP contribution in [0, 0.1) is 0 Å². The van der Waals surface area contributed by atoms with Crippen LogP contribution in [0.2, 0.25) is 5.02 Å². The Labute approximate surface area is 115 Å². The van der Waals surface area contributed by atoms with Gasteiger partial charge < -0.3 is 10.6 Å². The number of amides is 2. The maximum absolute atomic E-state index is 11.7. The summed E-state index contributed by atoms with van der Waals surface area (Å²) in [5.41, 5.74) is 1.04. The lowest BCUT2D eigenvalue weighted by molar-refractivity contribution is -0.132. The van der Waals surface area contributed by atoms with Crippen molar-refractivity contribution >= 4 is 34.8 Å². The third-order valence-electron chi connectivity index (χ3n) is 2.32. The number of nitrogens with one attached hydrogen (secondary N) is 2. The van der Waals surface area contributed by atoms with Gasteiger partial charge in [0.05, 0.1) is 0 Å². The number of anilines is 2. The second-order valence-electron chi connectivity index (χ2n) is 3.78. The number of hydrogen-bond acceptors (Lipinski definition) is 2. The number of hydrogen-bond donors (Lipinski definition) is 2. The van der Waals surface area contributed by atoms with Crippen molar-refractivity contribution in [1.29, 1.82) is 0 Å². The lowest BCUT2D eigenvalue weighted by atomic mass is 10.3. The Balaban J connectivity index is 1.98. The molecule has 96 valence electrons. The lowest BCUT2D eigenvalue weighted by Crippen LogP contribution is -2.29. The van der Waals surface area contributed by atoms with Gasteiger partial charge in [-0.1, -0.05) is 35.9 Å². The summed E-state index contributed by atoms with van der Waals surface area (Å²) in [6, 6.07) is 15.3. The van der Waals surface area contributed by atoms with Gasteiger partial charge in [0.1, 0.15) is 0 Å². The summed E-state index contributed by atoms with van der Waals surface area (Å²) in [6.45, 7) is 0.